The van der Waals surface area contributed by atoms with Crippen molar-refractivity contribution in [1.82, 2.24) is 0 Å². The van der Waals surface area contributed by atoms with Crippen molar-refractivity contribution in [2.45, 2.75) is 70.3 Å². The molecule has 21 heavy (non-hydrogen) atoms. The fraction of sp³-hybridized carbons (Fsp3) is 0.579. The van der Waals surface area contributed by atoms with Gasteiger partial charge in [-0.25, -0.2) is 0 Å². The van der Waals surface area contributed by atoms with E-state index < -0.39 is 0 Å². The van der Waals surface area contributed by atoms with E-state index >= 15 is 0 Å². The zero-order valence-corrected chi connectivity index (χ0v) is 13.1. The second-order valence-electron chi connectivity index (χ2n) is 5.94. The Morgan fingerprint density at radius 2 is 1.33 bits per heavy atom. The van der Waals surface area contributed by atoms with Crippen molar-refractivity contribution < 1.29 is 10.2 Å². The lowest BCUT2D eigenvalue weighted by Gasteiger charge is -2.14. The van der Waals surface area contributed by atoms with E-state index in [0.717, 1.165) is 12.8 Å². The normalized spacial score (nSPS) is 18.8. The van der Waals surface area contributed by atoms with Gasteiger partial charge >= 0.3 is 0 Å². The lowest BCUT2D eigenvalue weighted by Crippen LogP contribution is -2.09. The summed E-state index contributed by atoms with van der Waals surface area (Å²) in [7, 11) is 0. The number of para-hydroxylation sites is 1. The van der Waals surface area contributed by atoms with Gasteiger partial charge in [-0.1, -0.05) is 56.0 Å². The number of aromatic hydroxyl groups is 1. The number of benzene rings is 1. The molecule has 0 amide bonds. The first-order valence-electron chi connectivity index (χ1n) is 8.27. The van der Waals surface area contributed by atoms with Crippen LogP contribution < -0.4 is 0 Å². The van der Waals surface area contributed by atoms with Gasteiger partial charge in [-0.15, -0.1) is 0 Å². The van der Waals surface area contributed by atoms with Gasteiger partial charge in [0.15, 0.2) is 0 Å². The third-order valence-electron chi connectivity index (χ3n) is 3.89. The van der Waals surface area contributed by atoms with Gasteiger partial charge in [-0.2, -0.15) is 0 Å². The molecular weight excluding hydrogens is 260 g/mol. The number of hydrogen-bond acceptors (Lipinski definition) is 2. The molecule has 0 unspecified atom stereocenters. The highest BCUT2D eigenvalue weighted by Gasteiger charge is 2.07. The molecule has 2 N–H and O–H groups in total. The molecule has 3 rings (SSSR count). The fourth-order valence-electron chi connectivity index (χ4n) is 2.56. The first-order valence-corrected chi connectivity index (χ1v) is 8.27. The van der Waals surface area contributed by atoms with Gasteiger partial charge in [-0.3, -0.25) is 0 Å². The summed E-state index contributed by atoms with van der Waals surface area (Å²) in [5.74, 6) is 0.322. The molecule has 1 aromatic carbocycles. The first-order chi connectivity index (χ1) is 10.2. The van der Waals surface area contributed by atoms with E-state index in [4.69, 9.17) is 10.2 Å². The lowest BCUT2D eigenvalue weighted by atomic mass is 9.97. The topological polar surface area (TPSA) is 40.5 Å². The van der Waals surface area contributed by atoms with Crippen LogP contribution in [0.3, 0.4) is 0 Å². The van der Waals surface area contributed by atoms with Crippen LogP contribution in [0.2, 0.25) is 0 Å². The van der Waals surface area contributed by atoms with E-state index in [2.05, 4.69) is 6.58 Å². The molecule has 2 aliphatic carbocycles. The van der Waals surface area contributed by atoms with Crippen LogP contribution in [0.4, 0.5) is 0 Å². The Bertz CT molecular complexity index is 358. The highest BCUT2D eigenvalue weighted by atomic mass is 16.3. The molecule has 2 fully saturated rings. The van der Waals surface area contributed by atoms with Gasteiger partial charge in [0.2, 0.25) is 0 Å². The van der Waals surface area contributed by atoms with Crippen molar-refractivity contribution >= 4 is 0 Å². The summed E-state index contributed by atoms with van der Waals surface area (Å²) in [6.07, 6.45) is 12.7. The van der Waals surface area contributed by atoms with Gasteiger partial charge < -0.3 is 10.2 Å². The van der Waals surface area contributed by atoms with E-state index in [1.54, 1.807) is 24.3 Å². The van der Waals surface area contributed by atoms with Gasteiger partial charge in [0, 0.05) is 0 Å². The number of allylic oxidation sites excluding steroid dienone is 1. The summed E-state index contributed by atoms with van der Waals surface area (Å²) < 4.78 is 0. The number of aliphatic hydroxyl groups is 1. The van der Waals surface area contributed by atoms with E-state index in [1.165, 1.54) is 56.9 Å². The minimum atomic E-state index is 0.0359. The Kier molecular flexibility index (Phi) is 9.64. The Balaban J connectivity index is 0.000000157. The van der Waals surface area contributed by atoms with E-state index in [-0.39, 0.29) is 6.10 Å². The minimum absolute atomic E-state index is 0.0359. The first kappa shape index (κ1) is 17.8. The predicted molar refractivity (Wildman–Crippen MR) is 89.4 cm³/mol. The maximum absolute atomic E-state index is 8.91. The summed E-state index contributed by atoms with van der Waals surface area (Å²) in [6, 6.07) is 8.71. The Labute approximate surface area is 129 Å². The molecule has 118 valence electrons. The molecule has 1 aromatic rings. The summed E-state index contributed by atoms with van der Waals surface area (Å²) in [5.41, 5.74) is 1.46. The molecule has 2 heteroatoms. The van der Waals surface area contributed by atoms with Crippen LogP contribution in [-0.4, -0.2) is 16.3 Å². The second-order valence-corrected chi connectivity index (χ2v) is 5.94. The molecule has 2 saturated carbocycles. The maximum Gasteiger partial charge on any atom is 0.115 e. The molecule has 0 aromatic heterocycles. The van der Waals surface area contributed by atoms with Crippen LogP contribution in [-0.2, 0) is 0 Å². The van der Waals surface area contributed by atoms with Crippen LogP contribution in [0.5, 0.6) is 5.75 Å². The van der Waals surface area contributed by atoms with E-state index in [1.807, 2.05) is 6.07 Å². The van der Waals surface area contributed by atoms with Crippen molar-refractivity contribution in [1.29, 1.82) is 0 Å². The Hall–Kier alpha value is -1.28. The number of phenols is 1. The highest BCUT2D eigenvalue weighted by molar-refractivity contribution is 5.18. The Morgan fingerprint density at radius 1 is 0.810 bits per heavy atom. The molecule has 2 aliphatic rings. The summed E-state index contributed by atoms with van der Waals surface area (Å²) in [5, 5.41) is 17.5. The molecule has 0 saturated heterocycles. The summed E-state index contributed by atoms with van der Waals surface area (Å²) >= 11 is 0. The highest BCUT2D eigenvalue weighted by Crippen LogP contribution is 2.20. The molecule has 0 bridgehead atoms. The SMILES string of the molecule is C=C1CCCCC1.OC1CCCCC1.Oc1ccccc1. The largest absolute Gasteiger partial charge is 0.508 e. The fourth-order valence-corrected chi connectivity index (χ4v) is 2.56. The molecule has 0 spiro atoms. The molecule has 0 atom stereocenters. The third kappa shape index (κ3) is 10.1. The van der Waals surface area contributed by atoms with Crippen LogP contribution in [0, 0.1) is 0 Å². The van der Waals surface area contributed by atoms with Crippen molar-refractivity contribution in [2.24, 2.45) is 0 Å². The van der Waals surface area contributed by atoms with Crippen molar-refractivity contribution in [3.8, 4) is 5.75 Å². The average molecular weight is 290 g/mol. The van der Waals surface area contributed by atoms with Gasteiger partial charge in [0.1, 0.15) is 5.75 Å². The van der Waals surface area contributed by atoms with E-state index in [9.17, 15) is 0 Å². The zero-order chi connectivity index (χ0) is 15.3. The molecule has 0 radical (unpaired) electrons. The van der Waals surface area contributed by atoms with Crippen molar-refractivity contribution in [3.05, 3.63) is 42.5 Å². The second kappa shape index (κ2) is 11.4. The van der Waals surface area contributed by atoms with Crippen LogP contribution >= 0.6 is 0 Å². The van der Waals surface area contributed by atoms with Crippen molar-refractivity contribution in [2.75, 3.05) is 0 Å². The molecule has 0 heterocycles. The van der Waals surface area contributed by atoms with Crippen LogP contribution in [0.15, 0.2) is 42.5 Å². The van der Waals surface area contributed by atoms with Crippen LogP contribution in [0.1, 0.15) is 64.2 Å². The summed E-state index contributed by atoms with van der Waals surface area (Å²) in [4.78, 5) is 0. The number of rotatable bonds is 0. The molecular formula is C19H30O2. The zero-order valence-electron chi connectivity index (χ0n) is 13.1. The standard InChI is InChI=1S/C7H12.C6H12O.C6H6O/c1-7-5-3-2-4-6-7;2*7-6-4-2-1-3-5-6/h1-6H2;6-7H,1-5H2;1-5,7H. The number of aliphatic hydroxyl groups excluding tert-OH is 1. The smallest absolute Gasteiger partial charge is 0.115 e. The Morgan fingerprint density at radius 3 is 1.62 bits per heavy atom. The quantitative estimate of drug-likeness (QED) is 0.644. The van der Waals surface area contributed by atoms with Gasteiger partial charge in [-0.05, 0) is 50.7 Å². The number of hydrogen-bond donors (Lipinski definition) is 2. The van der Waals surface area contributed by atoms with E-state index in [0.29, 0.717) is 5.75 Å². The minimum Gasteiger partial charge on any atom is -0.508 e. The monoisotopic (exact) mass is 290 g/mol. The summed E-state index contributed by atoms with van der Waals surface area (Å²) in [6.45, 7) is 3.91. The average Bonchev–Trinajstić information content (AvgIpc) is 2.51. The van der Waals surface area contributed by atoms with Crippen LogP contribution in [0.25, 0.3) is 0 Å². The third-order valence-corrected chi connectivity index (χ3v) is 3.89. The maximum atomic E-state index is 8.91. The van der Waals surface area contributed by atoms with Crippen molar-refractivity contribution in [3.63, 3.8) is 0 Å². The van der Waals surface area contributed by atoms with Gasteiger partial charge in [0.25, 0.3) is 0 Å². The lowest BCUT2D eigenvalue weighted by molar-refractivity contribution is 0.130. The predicted octanol–water partition coefficient (Wildman–Crippen LogP) is 5.21. The number of phenolic OH excluding ortho intramolecular Hbond substituents is 1. The molecule has 0 aliphatic heterocycles. The van der Waals surface area contributed by atoms with Gasteiger partial charge in [0.05, 0.1) is 6.10 Å². The molecule has 2 nitrogen and oxygen atoms in total.